The van der Waals surface area contributed by atoms with E-state index in [0.29, 0.717) is 18.8 Å². The van der Waals surface area contributed by atoms with Crippen LogP contribution in [0.5, 0.6) is 0 Å². The first kappa shape index (κ1) is 26.0. The molecule has 1 fully saturated rings. The van der Waals surface area contributed by atoms with Crippen molar-refractivity contribution in [3.63, 3.8) is 0 Å². The molecular weight excluding hydrogens is 430 g/mol. The number of nitrogens with one attached hydrogen (secondary N) is 3. The van der Waals surface area contributed by atoms with Crippen molar-refractivity contribution in [3.05, 3.63) is 34.4 Å². The van der Waals surface area contributed by atoms with Gasteiger partial charge < -0.3 is 20.7 Å². The number of carbonyl (C=O) groups is 3. The van der Waals surface area contributed by atoms with Gasteiger partial charge in [-0.05, 0) is 59.2 Å². The number of benzene rings is 1. The predicted molar refractivity (Wildman–Crippen MR) is 123 cm³/mol. The second kappa shape index (κ2) is 11.6. The third-order valence-electron chi connectivity index (χ3n) is 5.19. The molecule has 1 heterocycles. The Kier molecular flexibility index (Phi) is 9.15. The molecule has 1 aliphatic heterocycles. The molecule has 2 rings (SSSR count). The zero-order valence-electron chi connectivity index (χ0n) is 19.6. The molecule has 11 nitrogen and oxygen atoms in total. The summed E-state index contributed by atoms with van der Waals surface area (Å²) < 4.78 is 5.15. The summed E-state index contributed by atoms with van der Waals surface area (Å²) >= 11 is 0. The molecule has 1 aromatic rings. The van der Waals surface area contributed by atoms with E-state index in [1.54, 1.807) is 27.7 Å². The van der Waals surface area contributed by atoms with Gasteiger partial charge in [-0.2, -0.15) is 0 Å². The summed E-state index contributed by atoms with van der Waals surface area (Å²) in [5, 5.41) is 18.9. The minimum atomic E-state index is -0.583. The van der Waals surface area contributed by atoms with Crippen LogP contribution in [0.15, 0.2) is 24.3 Å². The number of anilines is 1. The van der Waals surface area contributed by atoms with Gasteiger partial charge in [0.25, 0.3) is 5.69 Å². The number of nitro groups is 1. The summed E-state index contributed by atoms with van der Waals surface area (Å²) in [6.07, 6.45) is 0.968. The molecular formula is C22H33N5O6. The maximum Gasteiger partial charge on any atom is 0.407 e. The molecule has 0 bridgehead atoms. The van der Waals surface area contributed by atoms with E-state index in [1.807, 2.05) is 4.90 Å². The number of piperidine rings is 1. The van der Waals surface area contributed by atoms with E-state index >= 15 is 0 Å². The Balaban J connectivity index is 1.78. The van der Waals surface area contributed by atoms with Gasteiger partial charge in [-0.3, -0.25) is 24.6 Å². The smallest absolute Gasteiger partial charge is 0.407 e. The Bertz CT molecular complexity index is 852. The van der Waals surface area contributed by atoms with Crippen LogP contribution in [0.1, 0.15) is 40.5 Å². The van der Waals surface area contributed by atoms with Crippen molar-refractivity contribution in [3.8, 4) is 0 Å². The average Bonchev–Trinajstić information content (AvgIpc) is 2.75. The highest BCUT2D eigenvalue weighted by atomic mass is 16.6. The highest BCUT2D eigenvalue weighted by Crippen LogP contribution is 2.20. The molecule has 11 heteroatoms. The van der Waals surface area contributed by atoms with Crippen LogP contribution < -0.4 is 16.0 Å². The standard InChI is InChI=1S/C22H33N5O6/c1-15(19(28)25-17-7-9-18(10-8-17)27(31)32)26-13-5-6-16(14-26)20(29)23-11-12-24-21(30)33-22(2,3)4/h7-10,15-16H,5-6,11-14H2,1-4H3,(H,23,29)(H,24,30)(H,25,28). The average molecular weight is 464 g/mol. The van der Waals surface area contributed by atoms with Crippen molar-refractivity contribution >= 4 is 29.3 Å². The summed E-state index contributed by atoms with van der Waals surface area (Å²) in [4.78, 5) is 49.0. The summed E-state index contributed by atoms with van der Waals surface area (Å²) in [7, 11) is 0. The molecule has 0 saturated carbocycles. The van der Waals surface area contributed by atoms with Crippen LogP contribution in [0.4, 0.5) is 16.2 Å². The van der Waals surface area contributed by atoms with Crippen molar-refractivity contribution < 1.29 is 24.0 Å². The molecule has 3 N–H and O–H groups in total. The summed E-state index contributed by atoms with van der Waals surface area (Å²) in [5.41, 5.74) is -0.158. The number of likely N-dealkylation sites (tertiary alicyclic amines) is 1. The fraction of sp³-hybridized carbons (Fsp3) is 0.591. The van der Waals surface area contributed by atoms with Gasteiger partial charge in [0.2, 0.25) is 11.8 Å². The van der Waals surface area contributed by atoms with E-state index in [4.69, 9.17) is 4.74 Å². The van der Waals surface area contributed by atoms with Gasteiger partial charge >= 0.3 is 6.09 Å². The molecule has 0 spiro atoms. The summed E-state index contributed by atoms with van der Waals surface area (Å²) in [6.45, 7) is 8.77. The van der Waals surface area contributed by atoms with Gasteiger partial charge in [0, 0.05) is 37.5 Å². The van der Waals surface area contributed by atoms with Gasteiger partial charge in [0.05, 0.1) is 16.9 Å². The maximum absolute atomic E-state index is 12.6. The Morgan fingerprint density at radius 3 is 2.42 bits per heavy atom. The van der Waals surface area contributed by atoms with Crippen LogP contribution in [0.25, 0.3) is 0 Å². The highest BCUT2D eigenvalue weighted by Gasteiger charge is 2.30. The van der Waals surface area contributed by atoms with Crippen molar-refractivity contribution in [1.29, 1.82) is 0 Å². The van der Waals surface area contributed by atoms with Crippen molar-refractivity contribution in [2.45, 2.75) is 52.2 Å². The third kappa shape index (κ3) is 8.68. The van der Waals surface area contributed by atoms with Crippen LogP contribution in [0.3, 0.4) is 0 Å². The molecule has 0 aromatic heterocycles. The van der Waals surface area contributed by atoms with Gasteiger partial charge in [-0.25, -0.2) is 4.79 Å². The molecule has 1 aliphatic rings. The van der Waals surface area contributed by atoms with Gasteiger partial charge in [-0.15, -0.1) is 0 Å². The lowest BCUT2D eigenvalue weighted by Gasteiger charge is -2.35. The van der Waals surface area contributed by atoms with E-state index < -0.39 is 22.7 Å². The Labute approximate surface area is 193 Å². The molecule has 1 aromatic carbocycles. The SMILES string of the molecule is CC(C(=O)Nc1ccc([N+](=O)[O-])cc1)N1CCCC(C(=O)NCCNC(=O)OC(C)(C)C)C1. The lowest BCUT2D eigenvalue weighted by Crippen LogP contribution is -2.50. The fourth-order valence-corrected chi connectivity index (χ4v) is 3.46. The lowest BCUT2D eigenvalue weighted by atomic mass is 9.96. The van der Waals surface area contributed by atoms with E-state index in [2.05, 4.69) is 16.0 Å². The van der Waals surface area contributed by atoms with E-state index in [-0.39, 0.29) is 36.5 Å². The van der Waals surface area contributed by atoms with Crippen LogP contribution in [0.2, 0.25) is 0 Å². The molecule has 1 saturated heterocycles. The lowest BCUT2D eigenvalue weighted by molar-refractivity contribution is -0.384. The molecule has 0 radical (unpaired) electrons. The molecule has 2 atom stereocenters. The minimum Gasteiger partial charge on any atom is -0.444 e. The number of non-ortho nitro benzene ring substituents is 1. The first-order valence-electron chi connectivity index (χ1n) is 11.0. The predicted octanol–water partition coefficient (Wildman–Crippen LogP) is 2.27. The molecule has 3 amide bonds. The first-order chi connectivity index (χ1) is 15.5. The molecule has 2 unspecified atom stereocenters. The normalized spacial score (nSPS) is 17.5. The largest absolute Gasteiger partial charge is 0.444 e. The van der Waals surface area contributed by atoms with Gasteiger partial charge in [0.15, 0.2) is 0 Å². The van der Waals surface area contributed by atoms with Crippen molar-refractivity contribution in [1.82, 2.24) is 15.5 Å². The second-order valence-electron chi connectivity index (χ2n) is 9.02. The molecule has 0 aliphatic carbocycles. The third-order valence-corrected chi connectivity index (χ3v) is 5.19. The van der Waals surface area contributed by atoms with Gasteiger partial charge in [0.1, 0.15) is 5.60 Å². The fourth-order valence-electron chi connectivity index (χ4n) is 3.46. The van der Waals surface area contributed by atoms with Crippen LogP contribution in [-0.2, 0) is 14.3 Å². The van der Waals surface area contributed by atoms with Crippen molar-refractivity contribution in [2.24, 2.45) is 5.92 Å². The number of carbonyl (C=O) groups excluding carboxylic acids is 3. The maximum atomic E-state index is 12.6. The number of hydrogen-bond acceptors (Lipinski definition) is 7. The number of amides is 3. The topological polar surface area (TPSA) is 143 Å². The van der Waals surface area contributed by atoms with Crippen LogP contribution in [-0.4, -0.2) is 65.6 Å². The van der Waals surface area contributed by atoms with Crippen molar-refractivity contribution in [2.75, 3.05) is 31.5 Å². The Hall–Kier alpha value is -3.21. The molecule has 182 valence electrons. The Morgan fingerprint density at radius 1 is 1.18 bits per heavy atom. The molecule has 33 heavy (non-hydrogen) atoms. The van der Waals surface area contributed by atoms with Crippen LogP contribution >= 0.6 is 0 Å². The number of hydrogen-bond donors (Lipinski definition) is 3. The van der Waals surface area contributed by atoms with Gasteiger partial charge in [-0.1, -0.05) is 0 Å². The summed E-state index contributed by atoms with van der Waals surface area (Å²) in [6, 6.07) is 5.17. The Morgan fingerprint density at radius 2 is 1.82 bits per heavy atom. The van der Waals surface area contributed by atoms with E-state index in [0.717, 1.165) is 12.8 Å². The van der Waals surface area contributed by atoms with Crippen LogP contribution in [0, 0.1) is 16.0 Å². The zero-order valence-corrected chi connectivity index (χ0v) is 19.6. The highest BCUT2D eigenvalue weighted by molar-refractivity contribution is 5.94. The van der Waals surface area contributed by atoms with E-state index in [1.165, 1.54) is 24.3 Å². The first-order valence-corrected chi connectivity index (χ1v) is 11.0. The monoisotopic (exact) mass is 463 g/mol. The number of nitrogens with zero attached hydrogens (tertiary/aromatic N) is 2. The van der Waals surface area contributed by atoms with E-state index in [9.17, 15) is 24.5 Å². The second-order valence-corrected chi connectivity index (χ2v) is 9.02. The number of ether oxygens (including phenoxy) is 1. The number of nitro benzene ring substituents is 1. The quantitative estimate of drug-likeness (QED) is 0.305. The summed E-state index contributed by atoms with van der Waals surface area (Å²) in [5.74, 6) is -0.616. The minimum absolute atomic E-state index is 0.0489. The number of alkyl carbamates (subject to hydrolysis) is 1. The number of rotatable bonds is 8. The zero-order chi connectivity index (χ0) is 24.6.